The van der Waals surface area contributed by atoms with Crippen molar-refractivity contribution < 1.29 is 19.4 Å². The van der Waals surface area contributed by atoms with Crippen molar-refractivity contribution in [3.8, 4) is 0 Å². The maximum absolute atomic E-state index is 11.0. The fourth-order valence-electron chi connectivity index (χ4n) is 1.57. The molecule has 0 aromatic carbocycles. The minimum atomic E-state index is -0.848. The van der Waals surface area contributed by atoms with Crippen molar-refractivity contribution in [2.24, 2.45) is 11.8 Å². The van der Waals surface area contributed by atoms with E-state index in [-0.39, 0.29) is 12.5 Å². The largest absolute Gasteiger partial charge is 0.481 e. The average Bonchev–Trinajstić information content (AvgIpc) is 2.46. The standard InChI is InChI=1S/C8H13NO4/c1-5-3-9(8(12)13-2)4-6(5)7(10)11/h5-6H,3-4H2,1-2H3,(H,10,11)/t5-,6-/m1/s1. The zero-order chi connectivity index (χ0) is 10.0. The van der Waals surface area contributed by atoms with E-state index >= 15 is 0 Å². The van der Waals surface area contributed by atoms with E-state index in [1.165, 1.54) is 12.0 Å². The number of carbonyl (C=O) groups excluding carboxylic acids is 1. The van der Waals surface area contributed by atoms with Gasteiger partial charge in [-0.2, -0.15) is 0 Å². The number of amides is 1. The first-order valence-corrected chi connectivity index (χ1v) is 4.12. The molecule has 0 unspecified atom stereocenters. The van der Waals surface area contributed by atoms with Gasteiger partial charge in [0, 0.05) is 13.1 Å². The van der Waals surface area contributed by atoms with Crippen LogP contribution < -0.4 is 0 Å². The van der Waals surface area contributed by atoms with Gasteiger partial charge in [0.2, 0.25) is 0 Å². The number of methoxy groups -OCH3 is 1. The monoisotopic (exact) mass is 187 g/mol. The maximum Gasteiger partial charge on any atom is 0.409 e. The summed E-state index contributed by atoms with van der Waals surface area (Å²) in [5.41, 5.74) is 0. The van der Waals surface area contributed by atoms with Crippen molar-refractivity contribution >= 4 is 12.1 Å². The molecular formula is C8H13NO4. The van der Waals surface area contributed by atoms with Crippen molar-refractivity contribution in [2.45, 2.75) is 6.92 Å². The molecule has 13 heavy (non-hydrogen) atoms. The minimum Gasteiger partial charge on any atom is -0.481 e. The van der Waals surface area contributed by atoms with Gasteiger partial charge in [-0.15, -0.1) is 0 Å². The van der Waals surface area contributed by atoms with Crippen LogP contribution >= 0.6 is 0 Å². The van der Waals surface area contributed by atoms with E-state index in [9.17, 15) is 9.59 Å². The van der Waals surface area contributed by atoms with Gasteiger partial charge in [0.25, 0.3) is 0 Å². The zero-order valence-corrected chi connectivity index (χ0v) is 7.69. The van der Waals surface area contributed by atoms with E-state index < -0.39 is 18.0 Å². The molecule has 5 heteroatoms. The fraction of sp³-hybridized carbons (Fsp3) is 0.750. The summed E-state index contributed by atoms with van der Waals surface area (Å²) in [6.45, 7) is 2.54. The Morgan fingerprint density at radius 3 is 2.46 bits per heavy atom. The second-order valence-electron chi connectivity index (χ2n) is 3.30. The average molecular weight is 187 g/mol. The first kappa shape index (κ1) is 9.83. The quantitative estimate of drug-likeness (QED) is 0.645. The van der Waals surface area contributed by atoms with Gasteiger partial charge in [0.05, 0.1) is 13.0 Å². The summed E-state index contributed by atoms with van der Waals surface area (Å²) in [5, 5.41) is 8.78. The maximum atomic E-state index is 11.0. The van der Waals surface area contributed by atoms with Crippen LogP contribution in [0.2, 0.25) is 0 Å². The number of carboxylic acids is 1. The number of ether oxygens (including phenoxy) is 1. The summed E-state index contributed by atoms with van der Waals surface area (Å²) >= 11 is 0. The third-order valence-electron chi connectivity index (χ3n) is 2.36. The van der Waals surface area contributed by atoms with Crippen LogP contribution in [0.4, 0.5) is 4.79 Å². The molecule has 0 aromatic rings. The Bertz CT molecular complexity index is 228. The number of rotatable bonds is 1. The molecule has 1 aliphatic heterocycles. The van der Waals surface area contributed by atoms with Crippen LogP contribution in [-0.4, -0.2) is 42.3 Å². The molecule has 0 aromatic heterocycles. The summed E-state index contributed by atoms with van der Waals surface area (Å²) in [6.07, 6.45) is -0.449. The first-order chi connectivity index (χ1) is 6.06. The Balaban J connectivity index is 2.59. The lowest BCUT2D eigenvalue weighted by Crippen LogP contribution is -2.29. The first-order valence-electron chi connectivity index (χ1n) is 4.12. The number of aliphatic carboxylic acids is 1. The molecular weight excluding hydrogens is 174 g/mol. The Morgan fingerprint density at radius 1 is 1.46 bits per heavy atom. The molecule has 0 bridgehead atoms. The number of nitrogens with zero attached hydrogens (tertiary/aromatic N) is 1. The van der Waals surface area contributed by atoms with Gasteiger partial charge in [-0.05, 0) is 5.92 Å². The summed E-state index contributed by atoms with van der Waals surface area (Å²) < 4.78 is 4.50. The lowest BCUT2D eigenvalue weighted by molar-refractivity contribution is -0.142. The summed E-state index contributed by atoms with van der Waals surface area (Å²) in [7, 11) is 1.29. The van der Waals surface area contributed by atoms with Crippen LogP contribution in [0.3, 0.4) is 0 Å². The lowest BCUT2D eigenvalue weighted by Gasteiger charge is -2.12. The van der Waals surface area contributed by atoms with Crippen LogP contribution in [0.1, 0.15) is 6.92 Å². The van der Waals surface area contributed by atoms with Crippen molar-refractivity contribution in [2.75, 3.05) is 20.2 Å². The van der Waals surface area contributed by atoms with Crippen LogP contribution in [0.5, 0.6) is 0 Å². The molecule has 1 aliphatic rings. The highest BCUT2D eigenvalue weighted by atomic mass is 16.5. The number of likely N-dealkylation sites (tertiary alicyclic amines) is 1. The summed E-state index contributed by atoms with van der Waals surface area (Å²) in [6, 6.07) is 0. The molecule has 5 nitrogen and oxygen atoms in total. The number of hydrogen-bond acceptors (Lipinski definition) is 3. The number of carbonyl (C=O) groups is 2. The molecule has 1 N–H and O–H groups in total. The van der Waals surface area contributed by atoms with Gasteiger partial charge >= 0.3 is 12.1 Å². The highest BCUT2D eigenvalue weighted by molar-refractivity contribution is 5.74. The lowest BCUT2D eigenvalue weighted by atomic mass is 9.99. The second-order valence-corrected chi connectivity index (χ2v) is 3.30. The second kappa shape index (κ2) is 3.64. The Morgan fingerprint density at radius 2 is 2.08 bits per heavy atom. The molecule has 74 valence electrons. The predicted molar refractivity (Wildman–Crippen MR) is 44.3 cm³/mol. The molecule has 0 aliphatic carbocycles. The summed E-state index contributed by atoms with van der Waals surface area (Å²) in [4.78, 5) is 23.1. The van der Waals surface area contributed by atoms with Crippen molar-refractivity contribution in [3.05, 3.63) is 0 Å². The molecule has 1 heterocycles. The van der Waals surface area contributed by atoms with Gasteiger partial charge in [-0.1, -0.05) is 6.92 Å². The number of carboxylic acid groups (broad SMARTS) is 1. The zero-order valence-electron chi connectivity index (χ0n) is 7.69. The van der Waals surface area contributed by atoms with Gasteiger partial charge in [0.1, 0.15) is 0 Å². The molecule has 1 saturated heterocycles. The molecule has 0 spiro atoms. The van der Waals surface area contributed by atoms with E-state index in [2.05, 4.69) is 4.74 Å². The smallest absolute Gasteiger partial charge is 0.409 e. The van der Waals surface area contributed by atoms with Crippen LogP contribution in [0.15, 0.2) is 0 Å². The van der Waals surface area contributed by atoms with Crippen molar-refractivity contribution in [3.63, 3.8) is 0 Å². The van der Waals surface area contributed by atoms with E-state index in [0.717, 1.165) is 0 Å². The van der Waals surface area contributed by atoms with Gasteiger partial charge in [-0.25, -0.2) is 4.79 Å². The fourth-order valence-corrected chi connectivity index (χ4v) is 1.57. The molecule has 1 fully saturated rings. The minimum absolute atomic E-state index is 0.00315. The van der Waals surface area contributed by atoms with Gasteiger partial charge < -0.3 is 14.7 Å². The van der Waals surface area contributed by atoms with Crippen molar-refractivity contribution in [1.82, 2.24) is 4.90 Å². The van der Waals surface area contributed by atoms with E-state index in [1.54, 1.807) is 0 Å². The van der Waals surface area contributed by atoms with E-state index in [1.807, 2.05) is 6.92 Å². The molecule has 1 amide bonds. The third kappa shape index (κ3) is 1.91. The van der Waals surface area contributed by atoms with Crippen molar-refractivity contribution in [1.29, 1.82) is 0 Å². The SMILES string of the molecule is COC(=O)N1C[C@@H](C)[C@H](C(=O)O)C1. The molecule has 1 rings (SSSR count). The van der Waals surface area contributed by atoms with E-state index in [4.69, 9.17) is 5.11 Å². The van der Waals surface area contributed by atoms with Crippen LogP contribution in [0, 0.1) is 11.8 Å². The van der Waals surface area contributed by atoms with Crippen LogP contribution in [0.25, 0.3) is 0 Å². The Labute approximate surface area is 76.3 Å². The Hall–Kier alpha value is -1.26. The molecule has 0 radical (unpaired) electrons. The summed E-state index contributed by atoms with van der Waals surface area (Å²) in [5.74, 6) is -1.31. The third-order valence-corrected chi connectivity index (χ3v) is 2.36. The highest BCUT2D eigenvalue weighted by Gasteiger charge is 2.37. The van der Waals surface area contributed by atoms with Gasteiger partial charge in [0.15, 0.2) is 0 Å². The Kier molecular flexibility index (Phi) is 2.75. The highest BCUT2D eigenvalue weighted by Crippen LogP contribution is 2.23. The topological polar surface area (TPSA) is 66.8 Å². The molecule has 2 atom stereocenters. The van der Waals surface area contributed by atoms with E-state index in [0.29, 0.717) is 6.54 Å². The number of hydrogen-bond donors (Lipinski definition) is 1. The van der Waals surface area contributed by atoms with Crippen LogP contribution in [-0.2, 0) is 9.53 Å². The molecule has 0 saturated carbocycles. The van der Waals surface area contributed by atoms with Gasteiger partial charge in [-0.3, -0.25) is 4.79 Å². The normalized spacial score (nSPS) is 27.4. The predicted octanol–water partition coefficient (Wildman–Crippen LogP) is 0.405.